The summed E-state index contributed by atoms with van der Waals surface area (Å²) in [7, 11) is 0. The lowest BCUT2D eigenvalue weighted by molar-refractivity contribution is 0.0696. The molecule has 1 N–H and O–H groups in total. The van der Waals surface area contributed by atoms with Crippen LogP contribution in [0.25, 0.3) is 0 Å². The number of rotatable bonds is 6. The van der Waals surface area contributed by atoms with Gasteiger partial charge in [-0.05, 0) is 47.9 Å². The van der Waals surface area contributed by atoms with E-state index in [1.54, 1.807) is 29.2 Å². The zero-order valence-electron chi connectivity index (χ0n) is 14.4. The predicted molar refractivity (Wildman–Crippen MR) is 98.4 cm³/mol. The van der Waals surface area contributed by atoms with Gasteiger partial charge in [0.05, 0.1) is 18.4 Å². The van der Waals surface area contributed by atoms with E-state index in [1.807, 2.05) is 37.3 Å². The van der Waals surface area contributed by atoms with E-state index >= 15 is 0 Å². The van der Waals surface area contributed by atoms with Crippen molar-refractivity contribution in [3.05, 3.63) is 89.4 Å². The van der Waals surface area contributed by atoms with E-state index in [4.69, 9.17) is 4.42 Å². The van der Waals surface area contributed by atoms with Crippen LogP contribution in [0.5, 0.6) is 0 Å². The number of carboxylic acids is 1. The molecule has 1 heterocycles. The highest BCUT2D eigenvalue weighted by atomic mass is 16.4. The molecular weight excluding hydrogens is 330 g/mol. The van der Waals surface area contributed by atoms with Crippen molar-refractivity contribution in [3.63, 3.8) is 0 Å². The van der Waals surface area contributed by atoms with Crippen molar-refractivity contribution in [3.8, 4) is 0 Å². The second kappa shape index (κ2) is 7.70. The van der Waals surface area contributed by atoms with Crippen LogP contribution in [0, 0.1) is 0 Å². The molecule has 3 rings (SSSR count). The Kier molecular flexibility index (Phi) is 5.17. The van der Waals surface area contributed by atoms with Crippen LogP contribution in [0.15, 0.2) is 71.3 Å². The third-order valence-electron chi connectivity index (χ3n) is 4.16. The van der Waals surface area contributed by atoms with Gasteiger partial charge in [-0.3, -0.25) is 4.79 Å². The van der Waals surface area contributed by atoms with Crippen molar-refractivity contribution in [1.29, 1.82) is 0 Å². The fraction of sp³-hybridized carbons (Fsp3) is 0.143. The molecule has 5 heteroatoms. The minimum Gasteiger partial charge on any atom is -0.478 e. The van der Waals surface area contributed by atoms with Crippen LogP contribution in [0.3, 0.4) is 0 Å². The standard InChI is InChI=1S/C21H19NO4/c1-2-16-8-3-4-10-18(16)22(20(23)19-11-6-12-26-19)14-15-7-5-9-17(13-15)21(24)25/h3-13H,2,14H2,1H3,(H,24,25). The van der Waals surface area contributed by atoms with E-state index in [9.17, 15) is 14.7 Å². The number of hydrogen-bond donors (Lipinski definition) is 1. The molecule has 0 aliphatic carbocycles. The summed E-state index contributed by atoms with van der Waals surface area (Å²) in [5.74, 6) is -1.02. The average Bonchev–Trinajstić information content (AvgIpc) is 3.20. The second-order valence-corrected chi connectivity index (χ2v) is 5.86. The minimum atomic E-state index is -0.996. The Morgan fingerprint density at radius 2 is 1.85 bits per heavy atom. The molecule has 0 saturated heterocycles. The monoisotopic (exact) mass is 349 g/mol. The largest absolute Gasteiger partial charge is 0.478 e. The first kappa shape index (κ1) is 17.5. The number of nitrogens with zero attached hydrogens (tertiary/aromatic N) is 1. The van der Waals surface area contributed by atoms with Gasteiger partial charge in [-0.25, -0.2) is 4.79 Å². The van der Waals surface area contributed by atoms with Crippen molar-refractivity contribution >= 4 is 17.6 Å². The Balaban J connectivity index is 2.02. The summed E-state index contributed by atoms with van der Waals surface area (Å²) in [5, 5.41) is 9.21. The number of benzene rings is 2. The molecule has 2 aromatic carbocycles. The smallest absolute Gasteiger partial charge is 0.335 e. The number of aryl methyl sites for hydroxylation is 1. The maximum Gasteiger partial charge on any atom is 0.335 e. The second-order valence-electron chi connectivity index (χ2n) is 5.86. The molecule has 0 bridgehead atoms. The van der Waals surface area contributed by atoms with Crippen LogP contribution in [-0.4, -0.2) is 17.0 Å². The van der Waals surface area contributed by atoms with Crippen LogP contribution in [0.4, 0.5) is 5.69 Å². The van der Waals surface area contributed by atoms with E-state index in [2.05, 4.69) is 0 Å². The van der Waals surface area contributed by atoms with Gasteiger partial charge in [-0.2, -0.15) is 0 Å². The molecule has 5 nitrogen and oxygen atoms in total. The number of furan rings is 1. The van der Waals surface area contributed by atoms with E-state index in [1.165, 1.54) is 12.3 Å². The molecule has 1 amide bonds. The van der Waals surface area contributed by atoms with Gasteiger partial charge in [-0.15, -0.1) is 0 Å². The number of aromatic carboxylic acids is 1. The van der Waals surface area contributed by atoms with Gasteiger partial charge >= 0.3 is 5.97 Å². The number of anilines is 1. The zero-order chi connectivity index (χ0) is 18.5. The van der Waals surface area contributed by atoms with Crippen molar-refractivity contribution in [2.45, 2.75) is 19.9 Å². The van der Waals surface area contributed by atoms with E-state index in [-0.39, 0.29) is 23.8 Å². The molecule has 3 aromatic rings. The number of amides is 1. The van der Waals surface area contributed by atoms with Gasteiger partial charge < -0.3 is 14.4 Å². The molecular formula is C21H19NO4. The molecule has 0 fully saturated rings. The highest BCUT2D eigenvalue weighted by Crippen LogP contribution is 2.25. The van der Waals surface area contributed by atoms with E-state index in [0.29, 0.717) is 0 Å². The fourth-order valence-corrected chi connectivity index (χ4v) is 2.86. The summed E-state index contributed by atoms with van der Waals surface area (Å²) in [5.41, 5.74) is 2.74. The minimum absolute atomic E-state index is 0.191. The quantitative estimate of drug-likeness (QED) is 0.716. The SMILES string of the molecule is CCc1ccccc1N(Cc1cccc(C(=O)O)c1)C(=O)c1ccco1. The van der Waals surface area contributed by atoms with Crippen LogP contribution in [-0.2, 0) is 13.0 Å². The zero-order valence-corrected chi connectivity index (χ0v) is 14.4. The molecule has 0 unspecified atom stereocenters. The lowest BCUT2D eigenvalue weighted by Crippen LogP contribution is -2.31. The van der Waals surface area contributed by atoms with Crippen LogP contribution in [0.1, 0.15) is 39.0 Å². The number of para-hydroxylation sites is 1. The fourth-order valence-electron chi connectivity index (χ4n) is 2.86. The number of carbonyl (C=O) groups is 2. The highest BCUT2D eigenvalue weighted by Gasteiger charge is 2.22. The third kappa shape index (κ3) is 3.67. The molecule has 132 valence electrons. The molecule has 0 atom stereocenters. The van der Waals surface area contributed by atoms with Gasteiger partial charge in [0.2, 0.25) is 0 Å². The van der Waals surface area contributed by atoms with Crippen molar-refractivity contribution in [2.24, 2.45) is 0 Å². The maximum atomic E-state index is 13.0. The topological polar surface area (TPSA) is 70.8 Å². The van der Waals surface area contributed by atoms with Crippen LogP contribution in [0.2, 0.25) is 0 Å². The molecule has 0 saturated carbocycles. The van der Waals surface area contributed by atoms with Crippen molar-refractivity contribution in [1.82, 2.24) is 0 Å². The predicted octanol–water partition coefficient (Wildman–Crippen LogP) is 4.39. The van der Waals surface area contributed by atoms with Gasteiger partial charge in [0.1, 0.15) is 0 Å². The number of hydrogen-bond acceptors (Lipinski definition) is 3. The maximum absolute atomic E-state index is 13.0. The molecule has 1 aromatic heterocycles. The Morgan fingerprint density at radius 1 is 1.04 bits per heavy atom. The average molecular weight is 349 g/mol. The number of carbonyl (C=O) groups excluding carboxylic acids is 1. The van der Waals surface area contributed by atoms with E-state index < -0.39 is 5.97 Å². The van der Waals surface area contributed by atoms with Crippen LogP contribution >= 0.6 is 0 Å². The van der Waals surface area contributed by atoms with Gasteiger partial charge in [0, 0.05) is 5.69 Å². The van der Waals surface area contributed by atoms with Gasteiger partial charge in [0.15, 0.2) is 5.76 Å². The Hall–Kier alpha value is -3.34. The molecule has 0 radical (unpaired) electrons. The summed E-state index contributed by atoms with van der Waals surface area (Å²) in [6.07, 6.45) is 2.23. The number of carboxylic acid groups (broad SMARTS) is 1. The van der Waals surface area contributed by atoms with Crippen molar-refractivity contribution < 1.29 is 19.1 Å². The third-order valence-corrected chi connectivity index (χ3v) is 4.16. The lowest BCUT2D eigenvalue weighted by atomic mass is 10.1. The molecule has 0 spiro atoms. The molecule has 0 aliphatic heterocycles. The lowest BCUT2D eigenvalue weighted by Gasteiger charge is -2.24. The van der Waals surface area contributed by atoms with E-state index in [0.717, 1.165) is 23.2 Å². The van der Waals surface area contributed by atoms with Gasteiger partial charge in [0.25, 0.3) is 5.91 Å². The van der Waals surface area contributed by atoms with Gasteiger partial charge in [-0.1, -0.05) is 37.3 Å². The van der Waals surface area contributed by atoms with Crippen LogP contribution < -0.4 is 4.90 Å². The summed E-state index contributed by atoms with van der Waals surface area (Å²) >= 11 is 0. The summed E-state index contributed by atoms with van der Waals surface area (Å²) in [6, 6.07) is 17.6. The first-order valence-electron chi connectivity index (χ1n) is 8.35. The highest BCUT2D eigenvalue weighted by molar-refractivity contribution is 6.04. The normalized spacial score (nSPS) is 10.5. The van der Waals surface area contributed by atoms with Crippen molar-refractivity contribution in [2.75, 3.05) is 4.90 Å². The Morgan fingerprint density at radius 3 is 2.54 bits per heavy atom. The molecule has 26 heavy (non-hydrogen) atoms. The Bertz CT molecular complexity index is 915. The Labute approximate surface area is 151 Å². The first-order valence-corrected chi connectivity index (χ1v) is 8.35. The molecule has 0 aliphatic rings. The summed E-state index contributed by atoms with van der Waals surface area (Å²) in [4.78, 5) is 25.9. The summed E-state index contributed by atoms with van der Waals surface area (Å²) in [6.45, 7) is 2.27. The summed E-state index contributed by atoms with van der Waals surface area (Å²) < 4.78 is 5.29. The first-order chi connectivity index (χ1) is 12.6.